The Morgan fingerprint density at radius 3 is 2.69 bits per heavy atom. The molecular formula is C20H25ClN4O. The summed E-state index contributed by atoms with van der Waals surface area (Å²) in [7, 11) is 5.82. The normalized spacial score (nSPS) is 12.7. The highest BCUT2D eigenvalue weighted by molar-refractivity contribution is 6.31. The molecule has 0 aliphatic heterocycles. The summed E-state index contributed by atoms with van der Waals surface area (Å²) >= 11 is 6.17. The third kappa shape index (κ3) is 4.17. The molecule has 0 radical (unpaired) electrons. The molecule has 3 rings (SSSR count). The molecule has 2 aromatic heterocycles. The van der Waals surface area contributed by atoms with E-state index in [-0.39, 0.29) is 0 Å². The van der Waals surface area contributed by atoms with Gasteiger partial charge in [-0.3, -0.25) is 0 Å². The second kappa shape index (κ2) is 8.06. The molecule has 1 atom stereocenters. The number of ether oxygens (including phenoxy) is 1. The summed E-state index contributed by atoms with van der Waals surface area (Å²) in [4.78, 5) is 11.6. The number of methoxy groups -OCH3 is 1. The van der Waals surface area contributed by atoms with Crippen molar-refractivity contribution in [3.8, 4) is 5.88 Å². The number of hydrogen-bond donors (Lipinski definition) is 1. The van der Waals surface area contributed by atoms with E-state index in [9.17, 15) is 0 Å². The van der Waals surface area contributed by atoms with Crippen LogP contribution < -0.4 is 10.1 Å². The van der Waals surface area contributed by atoms with E-state index < -0.39 is 0 Å². The Labute approximate surface area is 159 Å². The highest BCUT2D eigenvalue weighted by Gasteiger charge is 2.14. The number of benzene rings is 1. The van der Waals surface area contributed by atoms with Crippen LogP contribution >= 0.6 is 11.6 Å². The maximum Gasteiger partial charge on any atom is 0.213 e. The smallest absolute Gasteiger partial charge is 0.213 e. The first-order valence-corrected chi connectivity index (χ1v) is 9.21. The van der Waals surface area contributed by atoms with Crippen molar-refractivity contribution in [2.75, 3.05) is 33.1 Å². The number of hydrogen-bond acceptors (Lipinski definition) is 5. The van der Waals surface area contributed by atoms with Gasteiger partial charge in [0.1, 0.15) is 5.52 Å². The molecule has 0 fully saturated rings. The Bertz CT molecular complexity index is 913. The molecule has 1 unspecified atom stereocenters. The zero-order valence-corrected chi connectivity index (χ0v) is 16.5. The largest absolute Gasteiger partial charge is 0.481 e. The zero-order valence-electron chi connectivity index (χ0n) is 15.7. The molecule has 0 saturated heterocycles. The van der Waals surface area contributed by atoms with Crippen molar-refractivity contribution >= 4 is 39.2 Å². The van der Waals surface area contributed by atoms with E-state index in [1.54, 1.807) is 7.11 Å². The Hall–Kier alpha value is -2.11. The highest BCUT2D eigenvalue weighted by atomic mass is 35.5. The molecule has 0 aliphatic rings. The summed E-state index contributed by atoms with van der Waals surface area (Å²) in [5, 5.41) is 5.35. The Morgan fingerprint density at radius 2 is 1.96 bits per heavy atom. The monoisotopic (exact) mass is 372 g/mol. The van der Waals surface area contributed by atoms with Gasteiger partial charge in [0.15, 0.2) is 0 Å². The lowest BCUT2D eigenvalue weighted by Crippen LogP contribution is -2.19. The van der Waals surface area contributed by atoms with Crippen molar-refractivity contribution in [1.82, 2.24) is 14.9 Å². The third-order valence-electron chi connectivity index (χ3n) is 4.40. The molecule has 5 nitrogen and oxygen atoms in total. The van der Waals surface area contributed by atoms with Gasteiger partial charge in [-0.2, -0.15) is 0 Å². The molecule has 2 heterocycles. The second-order valence-corrected chi connectivity index (χ2v) is 7.30. The molecule has 0 aliphatic carbocycles. The average molecular weight is 373 g/mol. The Kier molecular flexibility index (Phi) is 5.79. The molecule has 3 aromatic rings. The van der Waals surface area contributed by atoms with Crippen LogP contribution in [0.3, 0.4) is 0 Å². The average Bonchev–Trinajstić information content (AvgIpc) is 2.60. The minimum absolute atomic E-state index is 0.312. The van der Waals surface area contributed by atoms with Crippen LogP contribution in [0.4, 0.5) is 5.69 Å². The summed E-state index contributed by atoms with van der Waals surface area (Å²) < 4.78 is 5.31. The van der Waals surface area contributed by atoms with Crippen molar-refractivity contribution in [3.63, 3.8) is 0 Å². The SMILES string of the molecule is COc1ccc2nc3cc(Cl)ccc3c(NC(C)CCCN(C)C)c2n1. The quantitative estimate of drug-likeness (QED) is 0.615. The zero-order chi connectivity index (χ0) is 18.7. The van der Waals surface area contributed by atoms with E-state index in [2.05, 4.69) is 36.2 Å². The van der Waals surface area contributed by atoms with Gasteiger partial charge in [-0.15, -0.1) is 0 Å². The standard InChI is InChI=1S/C20H25ClN4O/c1-13(6-5-11-25(2)3)22-19-15-8-7-14(21)12-17(15)23-16-9-10-18(26-4)24-20(16)19/h7-10,12-13H,5-6,11H2,1-4H3,(H,22,23). The molecule has 6 heteroatoms. The number of halogens is 1. The minimum Gasteiger partial charge on any atom is -0.481 e. The molecule has 0 bridgehead atoms. The van der Waals surface area contributed by atoms with E-state index in [4.69, 9.17) is 21.3 Å². The number of aromatic nitrogens is 2. The van der Waals surface area contributed by atoms with E-state index in [0.717, 1.165) is 47.0 Å². The van der Waals surface area contributed by atoms with Crippen LogP contribution in [-0.2, 0) is 0 Å². The topological polar surface area (TPSA) is 50.3 Å². The molecule has 1 N–H and O–H groups in total. The fourth-order valence-corrected chi connectivity index (χ4v) is 3.23. The number of nitrogens with zero attached hydrogens (tertiary/aromatic N) is 3. The fraction of sp³-hybridized carbons (Fsp3) is 0.400. The minimum atomic E-state index is 0.312. The van der Waals surface area contributed by atoms with Gasteiger partial charge in [0.05, 0.1) is 23.8 Å². The molecule has 0 spiro atoms. The van der Waals surface area contributed by atoms with E-state index in [0.29, 0.717) is 16.9 Å². The number of rotatable bonds is 7. The first kappa shape index (κ1) is 18.7. The predicted octanol–water partition coefficient (Wildman–Crippen LogP) is 4.59. The van der Waals surface area contributed by atoms with Crippen LogP contribution in [0.15, 0.2) is 30.3 Å². The number of pyridine rings is 2. The van der Waals surface area contributed by atoms with Crippen molar-refractivity contribution in [2.24, 2.45) is 0 Å². The van der Waals surface area contributed by atoms with Crippen LogP contribution in [0, 0.1) is 0 Å². The lowest BCUT2D eigenvalue weighted by atomic mass is 10.1. The Balaban J connectivity index is 2.03. The number of nitrogens with one attached hydrogen (secondary N) is 1. The predicted molar refractivity (Wildman–Crippen MR) is 109 cm³/mol. The molecular weight excluding hydrogens is 348 g/mol. The van der Waals surface area contributed by atoms with Gasteiger partial charge >= 0.3 is 0 Å². The summed E-state index contributed by atoms with van der Waals surface area (Å²) in [6.07, 6.45) is 2.20. The third-order valence-corrected chi connectivity index (χ3v) is 4.63. The molecule has 26 heavy (non-hydrogen) atoms. The van der Waals surface area contributed by atoms with Crippen LogP contribution in [0.25, 0.3) is 21.9 Å². The summed E-state index contributed by atoms with van der Waals surface area (Å²) in [6, 6.07) is 9.86. The van der Waals surface area contributed by atoms with Gasteiger partial charge in [-0.1, -0.05) is 11.6 Å². The van der Waals surface area contributed by atoms with Crippen molar-refractivity contribution < 1.29 is 4.74 Å². The maximum atomic E-state index is 6.17. The first-order valence-electron chi connectivity index (χ1n) is 8.83. The first-order chi connectivity index (χ1) is 12.5. The van der Waals surface area contributed by atoms with E-state index >= 15 is 0 Å². The fourth-order valence-electron chi connectivity index (χ4n) is 3.07. The Morgan fingerprint density at radius 1 is 1.15 bits per heavy atom. The summed E-state index contributed by atoms with van der Waals surface area (Å²) in [6.45, 7) is 3.27. The van der Waals surface area contributed by atoms with Crippen LogP contribution in [0.1, 0.15) is 19.8 Å². The van der Waals surface area contributed by atoms with Gasteiger partial charge < -0.3 is 15.0 Å². The van der Waals surface area contributed by atoms with Crippen LogP contribution in [-0.4, -0.2) is 48.7 Å². The maximum absolute atomic E-state index is 6.17. The van der Waals surface area contributed by atoms with Crippen LogP contribution in [0.2, 0.25) is 5.02 Å². The number of fused-ring (bicyclic) bond motifs is 2. The van der Waals surface area contributed by atoms with Gasteiger partial charge in [0.25, 0.3) is 0 Å². The van der Waals surface area contributed by atoms with E-state index in [1.807, 2.05) is 30.3 Å². The van der Waals surface area contributed by atoms with Crippen molar-refractivity contribution in [1.29, 1.82) is 0 Å². The summed E-state index contributed by atoms with van der Waals surface area (Å²) in [5.41, 5.74) is 3.49. The molecule has 0 amide bonds. The van der Waals surface area contributed by atoms with E-state index in [1.165, 1.54) is 0 Å². The lowest BCUT2D eigenvalue weighted by Gasteiger charge is -2.19. The van der Waals surface area contributed by atoms with Gasteiger partial charge in [0, 0.05) is 22.5 Å². The van der Waals surface area contributed by atoms with Gasteiger partial charge in [-0.25, -0.2) is 9.97 Å². The number of anilines is 1. The molecule has 0 saturated carbocycles. The molecule has 138 valence electrons. The van der Waals surface area contributed by atoms with Gasteiger partial charge in [0.2, 0.25) is 5.88 Å². The summed E-state index contributed by atoms with van der Waals surface area (Å²) in [5.74, 6) is 0.580. The van der Waals surface area contributed by atoms with Gasteiger partial charge in [-0.05, 0) is 64.7 Å². The highest BCUT2D eigenvalue weighted by Crippen LogP contribution is 2.33. The second-order valence-electron chi connectivity index (χ2n) is 6.86. The van der Waals surface area contributed by atoms with Crippen molar-refractivity contribution in [3.05, 3.63) is 35.4 Å². The lowest BCUT2D eigenvalue weighted by molar-refractivity contribution is 0.390. The van der Waals surface area contributed by atoms with Crippen LogP contribution in [0.5, 0.6) is 5.88 Å². The van der Waals surface area contributed by atoms with Crippen molar-refractivity contribution in [2.45, 2.75) is 25.8 Å². The molecule has 1 aromatic carbocycles.